The van der Waals surface area contributed by atoms with Crippen LogP contribution >= 0.6 is 11.6 Å². The molecule has 1 atom stereocenters. The van der Waals surface area contributed by atoms with Crippen LogP contribution in [0, 0.1) is 5.82 Å². The fourth-order valence-electron chi connectivity index (χ4n) is 2.90. The van der Waals surface area contributed by atoms with Crippen molar-refractivity contribution in [3.8, 4) is 0 Å². The maximum absolute atomic E-state index is 13.2. The van der Waals surface area contributed by atoms with Crippen LogP contribution in [0.3, 0.4) is 0 Å². The smallest absolute Gasteiger partial charge is 0.264 e. The Bertz CT molecular complexity index is 1110. The van der Waals surface area contributed by atoms with Crippen molar-refractivity contribution in [3.05, 3.63) is 95.3 Å². The van der Waals surface area contributed by atoms with E-state index in [1.807, 2.05) is 0 Å². The fraction of sp³-hybridized carbons (Fsp3) is 0.136. The summed E-state index contributed by atoms with van der Waals surface area (Å²) in [6.45, 7) is 1.33. The molecule has 0 aliphatic carbocycles. The van der Waals surface area contributed by atoms with E-state index >= 15 is 0 Å². The van der Waals surface area contributed by atoms with E-state index in [1.165, 1.54) is 36.4 Å². The Morgan fingerprint density at radius 2 is 1.60 bits per heavy atom. The van der Waals surface area contributed by atoms with Crippen molar-refractivity contribution >= 4 is 33.2 Å². The highest BCUT2D eigenvalue weighted by Crippen LogP contribution is 2.24. The summed E-state index contributed by atoms with van der Waals surface area (Å²) in [5, 5.41) is 3.17. The molecule has 3 aromatic carbocycles. The van der Waals surface area contributed by atoms with Crippen molar-refractivity contribution in [2.45, 2.75) is 17.9 Å². The van der Waals surface area contributed by atoms with Crippen molar-refractivity contribution in [3.63, 3.8) is 0 Å². The Labute approximate surface area is 180 Å². The van der Waals surface area contributed by atoms with E-state index in [4.69, 9.17) is 11.6 Å². The monoisotopic (exact) mass is 446 g/mol. The number of sulfonamides is 1. The quantitative estimate of drug-likeness (QED) is 0.579. The Morgan fingerprint density at radius 1 is 1.00 bits per heavy atom. The van der Waals surface area contributed by atoms with Crippen molar-refractivity contribution in [2.75, 3.05) is 10.8 Å². The van der Waals surface area contributed by atoms with Crippen molar-refractivity contribution in [2.24, 2.45) is 0 Å². The lowest BCUT2D eigenvalue weighted by atomic mass is 10.1. The van der Waals surface area contributed by atoms with Gasteiger partial charge in [-0.25, -0.2) is 12.8 Å². The summed E-state index contributed by atoms with van der Waals surface area (Å²) < 4.78 is 40.6. The standard InChI is InChI=1S/C22H20ClFN2O3S/c1-16(17-7-11-19(24)12-8-17)25-22(27)15-26(20-5-3-2-4-6-20)30(28,29)21-13-9-18(23)10-14-21/h2-14,16H,15H2,1H3,(H,25,27). The largest absolute Gasteiger partial charge is 0.348 e. The first kappa shape index (κ1) is 21.8. The van der Waals surface area contributed by atoms with Crippen LogP contribution in [0.2, 0.25) is 5.02 Å². The molecule has 0 spiro atoms. The summed E-state index contributed by atoms with van der Waals surface area (Å²) in [4.78, 5) is 12.7. The van der Waals surface area contributed by atoms with Crippen LogP contribution in [0.1, 0.15) is 18.5 Å². The second-order valence-corrected chi connectivity index (χ2v) is 8.94. The number of carbonyl (C=O) groups excluding carboxylic acids is 1. The molecule has 0 aliphatic rings. The number of amides is 1. The molecule has 0 saturated heterocycles. The van der Waals surface area contributed by atoms with E-state index in [1.54, 1.807) is 49.4 Å². The molecule has 30 heavy (non-hydrogen) atoms. The van der Waals surface area contributed by atoms with Gasteiger partial charge < -0.3 is 5.32 Å². The summed E-state index contributed by atoms with van der Waals surface area (Å²) in [6, 6.07) is 19.5. The van der Waals surface area contributed by atoms with Gasteiger partial charge >= 0.3 is 0 Å². The Balaban J connectivity index is 1.85. The van der Waals surface area contributed by atoms with E-state index in [2.05, 4.69) is 5.32 Å². The van der Waals surface area contributed by atoms with Crippen LogP contribution in [-0.4, -0.2) is 20.9 Å². The number of nitrogens with zero attached hydrogens (tertiary/aromatic N) is 1. The molecule has 5 nitrogen and oxygen atoms in total. The first-order valence-electron chi connectivity index (χ1n) is 9.15. The molecule has 3 rings (SSSR count). The maximum Gasteiger partial charge on any atom is 0.264 e. The number of rotatable bonds is 7. The van der Waals surface area contributed by atoms with Crippen molar-refractivity contribution < 1.29 is 17.6 Å². The minimum absolute atomic E-state index is 0.0233. The first-order chi connectivity index (χ1) is 14.3. The number of para-hydroxylation sites is 1. The molecule has 0 aromatic heterocycles. The first-order valence-corrected chi connectivity index (χ1v) is 11.0. The highest BCUT2D eigenvalue weighted by atomic mass is 35.5. The zero-order chi connectivity index (χ0) is 21.7. The van der Waals surface area contributed by atoms with E-state index in [0.29, 0.717) is 16.3 Å². The molecule has 1 amide bonds. The van der Waals surface area contributed by atoms with Gasteiger partial charge in [-0.2, -0.15) is 0 Å². The minimum Gasteiger partial charge on any atom is -0.348 e. The average molecular weight is 447 g/mol. The molecule has 1 unspecified atom stereocenters. The minimum atomic E-state index is -4.01. The van der Waals surface area contributed by atoms with Gasteiger partial charge in [-0.15, -0.1) is 0 Å². The molecule has 0 saturated carbocycles. The van der Waals surface area contributed by atoms with Gasteiger partial charge in [0.05, 0.1) is 16.6 Å². The number of hydrogen-bond donors (Lipinski definition) is 1. The number of carbonyl (C=O) groups is 1. The molecular formula is C22H20ClFN2O3S. The van der Waals surface area contributed by atoms with Gasteiger partial charge in [0.15, 0.2) is 0 Å². The van der Waals surface area contributed by atoms with Gasteiger partial charge in [0, 0.05) is 5.02 Å². The normalized spacial score (nSPS) is 12.2. The van der Waals surface area contributed by atoms with Crippen molar-refractivity contribution in [1.82, 2.24) is 5.32 Å². The number of halogens is 2. The van der Waals surface area contributed by atoms with E-state index < -0.39 is 28.5 Å². The van der Waals surface area contributed by atoms with Gasteiger partial charge in [0.1, 0.15) is 12.4 Å². The summed E-state index contributed by atoms with van der Waals surface area (Å²) >= 11 is 5.87. The van der Waals surface area contributed by atoms with Gasteiger partial charge in [0.2, 0.25) is 5.91 Å². The highest BCUT2D eigenvalue weighted by molar-refractivity contribution is 7.92. The predicted octanol–water partition coefficient (Wildman–Crippen LogP) is 4.55. The molecule has 3 aromatic rings. The lowest BCUT2D eigenvalue weighted by molar-refractivity contribution is -0.120. The summed E-state index contributed by atoms with van der Waals surface area (Å²) in [6.07, 6.45) is 0. The Morgan fingerprint density at radius 3 is 2.20 bits per heavy atom. The number of hydrogen-bond acceptors (Lipinski definition) is 3. The van der Waals surface area contributed by atoms with Gasteiger partial charge in [-0.3, -0.25) is 9.10 Å². The molecule has 0 radical (unpaired) electrons. The third-order valence-corrected chi connectivity index (χ3v) is 6.52. The van der Waals surface area contributed by atoms with Crippen LogP contribution in [0.4, 0.5) is 10.1 Å². The zero-order valence-electron chi connectivity index (χ0n) is 16.1. The van der Waals surface area contributed by atoms with Gasteiger partial charge in [-0.05, 0) is 61.0 Å². The van der Waals surface area contributed by atoms with Crippen LogP contribution in [0.15, 0.2) is 83.8 Å². The number of nitrogens with one attached hydrogen (secondary N) is 1. The van der Waals surface area contributed by atoms with Gasteiger partial charge in [0.25, 0.3) is 10.0 Å². The molecule has 0 aliphatic heterocycles. The maximum atomic E-state index is 13.2. The molecule has 1 N–H and O–H groups in total. The SMILES string of the molecule is CC(NC(=O)CN(c1ccccc1)S(=O)(=O)c1ccc(Cl)cc1)c1ccc(F)cc1. The van der Waals surface area contributed by atoms with E-state index in [9.17, 15) is 17.6 Å². The van der Waals surface area contributed by atoms with Crippen LogP contribution in [0.25, 0.3) is 0 Å². The molecule has 0 fully saturated rings. The summed E-state index contributed by atoms with van der Waals surface area (Å²) in [5.74, 6) is -0.866. The molecule has 8 heteroatoms. The fourth-order valence-corrected chi connectivity index (χ4v) is 4.44. The number of benzene rings is 3. The topological polar surface area (TPSA) is 66.5 Å². The summed E-state index contributed by atoms with van der Waals surface area (Å²) in [7, 11) is -4.01. The zero-order valence-corrected chi connectivity index (χ0v) is 17.7. The molecular weight excluding hydrogens is 427 g/mol. The lowest BCUT2D eigenvalue weighted by Gasteiger charge is -2.25. The summed E-state index contributed by atoms with van der Waals surface area (Å²) in [5.41, 5.74) is 1.06. The second-order valence-electron chi connectivity index (χ2n) is 6.64. The molecule has 0 bridgehead atoms. The van der Waals surface area contributed by atoms with Crippen LogP contribution < -0.4 is 9.62 Å². The van der Waals surface area contributed by atoms with Gasteiger partial charge in [-0.1, -0.05) is 41.9 Å². The average Bonchev–Trinajstić information content (AvgIpc) is 2.73. The third kappa shape index (κ3) is 5.17. The third-order valence-electron chi connectivity index (χ3n) is 4.48. The number of anilines is 1. The van der Waals surface area contributed by atoms with E-state index in [-0.39, 0.29) is 10.7 Å². The predicted molar refractivity (Wildman–Crippen MR) is 115 cm³/mol. The van der Waals surface area contributed by atoms with Crippen LogP contribution in [0.5, 0.6) is 0 Å². The van der Waals surface area contributed by atoms with E-state index in [0.717, 1.165) is 4.31 Å². The molecule has 156 valence electrons. The van der Waals surface area contributed by atoms with Crippen molar-refractivity contribution in [1.29, 1.82) is 0 Å². The van der Waals surface area contributed by atoms with Crippen LogP contribution in [-0.2, 0) is 14.8 Å². The Kier molecular flexibility index (Phi) is 6.74. The lowest BCUT2D eigenvalue weighted by Crippen LogP contribution is -2.41. The molecule has 0 heterocycles. The highest BCUT2D eigenvalue weighted by Gasteiger charge is 2.27. The Hall–Kier alpha value is -2.90. The second kappa shape index (κ2) is 9.28.